The van der Waals surface area contributed by atoms with E-state index in [1.54, 1.807) is 26.1 Å². The summed E-state index contributed by atoms with van der Waals surface area (Å²) in [6.07, 6.45) is 0.626. The second kappa shape index (κ2) is 6.36. The van der Waals surface area contributed by atoms with Crippen LogP contribution in [0.25, 0.3) is 0 Å². The number of aryl methyl sites for hydroxylation is 1. The Morgan fingerprint density at radius 2 is 1.96 bits per heavy atom. The van der Waals surface area contributed by atoms with Crippen LogP contribution in [0.3, 0.4) is 0 Å². The van der Waals surface area contributed by atoms with Gasteiger partial charge in [-0.2, -0.15) is 5.10 Å². The molecule has 0 aliphatic carbocycles. The highest BCUT2D eigenvalue weighted by atomic mass is 19.1. The van der Waals surface area contributed by atoms with E-state index in [9.17, 15) is 14.0 Å². The number of rotatable bonds is 5. The molecule has 0 aliphatic rings. The molecular formula is C16H21FN4O2. The molecule has 0 bridgehead atoms. The first kappa shape index (κ1) is 16.9. The van der Waals surface area contributed by atoms with E-state index in [4.69, 9.17) is 0 Å². The summed E-state index contributed by atoms with van der Waals surface area (Å²) in [5, 5.41) is 6.96. The molecule has 1 heterocycles. The number of nitrogens with zero attached hydrogens (tertiary/aromatic N) is 3. The van der Waals surface area contributed by atoms with Crippen molar-refractivity contribution in [2.45, 2.75) is 39.3 Å². The monoisotopic (exact) mass is 320 g/mol. The first-order valence-electron chi connectivity index (χ1n) is 7.44. The maximum Gasteiger partial charge on any atom is 0.346 e. The highest BCUT2D eigenvalue weighted by molar-refractivity contribution is 5.76. The third kappa shape index (κ3) is 3.49. The van der Waals surface area contributed by atoms with Gasteiger partial charge in [0, 0.05) is 7.05 Å². The van der Waals surface area contributed by atoms with Gasteiger partial charge in [0.1, 0.15) is 18.2 Å². The van der Waals surface area contributed by atoms with Gasteiger partial charge < -0.3 is 5.32 Å². The molecule has 0 saturated heterocycles. The highest BCUT2D eigenvalue weighted by Gasteiger charge is 2.27. The van der Waals surface area contributed by atoms with Crippen LogP contribution in [-0.4, -0.2) is 20.3 Å². The summed E-state index contributed by atoms with van der Waals surface area (Å²) in [6, 6.07) is 6.02. The van der Waals surface area contributed by atoms with Gasteiger partial charge in [0.2, 0.25) is 5.91 Å². The summed E-state index contributed by atoms with van der Waals surface area (Å²) >= 11 is 0. The second-order valence-electron chi connectivity index (χ2n) is 5.79. The van der Waals surface area contributed by atoms with Gasteiger partial charge in [0.25, 0.3) is 0 Å². The van der Waals surface area contributed by atoms with Gasteiger partial charge in [0.05, 0.1) is 5.54 Å². The van der Waals surface area contributed by atoms with Crippen LogP contribution in [-0.2, 0) is 23.9 Å². The van der Waals surface area contributed by atoms with Crippen LogP contribution in [0.4, 0.5) is 4.39 Å². The number of amides is 1. The topological polar surface area (TPSA) is 68.9 Å². The molecule has 2 aromatic rings. The van der Waals surface area contributed by atoms with Crippen molar-refractivity contribution in [1.29, 1.82) is 0 Å². The number of hydrogen-bond acceptors (Lipinski definition) is 3. The molecule has 0 aliphatic heterocycles. The number of benzene rings is 1. The van der Waals surface area contributed by atoms with Crippen LogP contribution >= 0.6 is 0 Å². The van der Waals surface area contributed by atoms with Gasteiger partial charge in [-0.15, -0.1) is 0 Å². The van der Waals surface area contributed by atoms with Crippen molar-refractivity contribution >= 4 is 5.91 Å². The van der Waals surface area contributed by atoms with Gasteiger partial charge in [-0.25, -0.2) is 13.9 Å². The fourth-order valence-electron chi connectivity index (χ4n) is 2.36. The predicted molar refractivity (Wildman–Crippen MR) is 84.4 cm³/mol. The van der Waals surface area contributed by atoms with Crippen molar-refractivity contribution in [1.82, 2.24) is 19.7 Å². The Labute approximate surface area is 133 Å². The van der Waals surface area contributed by atoms with Gasteiger partial charge in [-0.05, 0) is 38.0 Å². The summed E-state index contributed by atoms with van der Waals surface area (Å²) in [4.78, 5) is 24.2. The van der Waals surface area contributed by atoms with Crippen LogP contribution in [0.15, 0.2) is 29.1 Å². The Bertz CT molecular complexity index is 763. The molecule has 0 radical (unpaired) electrons. The molecule has 2 rings (SSSR count). The van der Waals surface area contributed by atoms with Gasteiger partial charge in [0.15, 0.2) is 0 Å². The lowest BCUT2D eigenvalue weighted by atomic mass is 9.89. The molecule has 1 aromatic carbocycles. The lowest BCUT2D eigenvalue weighted by Crippen LogP contribution is -2.45. The molecule has 124 valence electrons. The minimum atomic E-state index is -0.641. The normalized spacial score (nSPS) is 13.6. The number of hydrogen-bond donors (Lipinski definition) is 1. The molecule has 6 nitrogen and oxygen atoms in total. The number of aromatic nitrogens is 3. The van der Waals surface area contributed by atoms with Crippen molar-refractivity contribution in [2.24, 2.45) is 7.05 Å². The van der Waals surface area contributed by atoms with E-state index < -0.39 is 5.54 Å². The lowest BCUT2D eigenvalue weighted by Gasteiger charge is -2.30. The number of carbonyl (C=O) groups excluding carboxylic acids is 1. The van der Waals surface area contributed by atoms with E-state index in [2.05, 4.69) is 10.4 Å². The van der Waals surface area contributed by atoms with E-state index in [0.29, 0.717) is 12.2 Å². The molecule has 0 fully saturated rings. The van der Waals surface area contributed by atoms with Crippen molar-refractivity contribution in [2.75, 3.05) is 0 Å². The standard InChI is InChI=1S/C16H21FN4O2/c1-5-16(3,12-6-8-13(17)9-7-12)18-14(22)10-21-15(23)20(4)11(2)19-21/h6-9H,5,10H2,1-4H3,(H,18,22). The van der Waals surface area contributed by atoms with Gasteiger partial charge >= 0.3 is 5.69 Å². The average molecular weight is 320 g/mol. The molecule has 1 atom stereocenters. The number of nitrogens with one attached hydrogen (secondary N) is 1. The molecule has 1 unspecified atom stereocenters. The molecule has 1 N–H and O–H groups in total. The largest absolute Gasteiger partial charge is 0.346 e. The molecule has 0 saturated carbocycles. The molecule has 7 heteroatoms. The molecule has 0 spiro atoms. The van der Waals surface area contributed by atoms with E-state index >= 15 is 0 Å². The third-order valence-corrected chi connectivity index (χ3v) is 4.16. The smallest absolute Gasteiger partial charge is 0.345 e. The van der Waals surface area contributed by atoms with Gasteiger partial charge in [-0.1, -0.05) is 19.1 Å². The summed E-state index contributed by atoms with van der Waals surface area (Å²) in [5.41, 5.74) is -0.171. The Morgan fingerprint density at radius 3 is 2.43 bits per heavy atom. The van der Waals surface area contributed by atoms with Crippen LogP contribution in [0.2, 0.25) is 0 Å². The zero-order valence-corrected chi connectivity index (χ0v) is 13.8. The van der Waals surface area contributed by atoms with E-state index in [1.807, 2.05) is 13.8 Å². The minimum Gasteiger partial charge on any atom is -0.345 e. The Morgan fingerprint density at radius 1 is 1.35 bits per heavy atom. The summed E-state index contributed by atoms with van der Waals surface area (Å²) in [7, 11) is 1.60. The maximum absolute atomic E-state index is 13.1. The Balaban J connectivity index is 2.17. The first-order chi connectivity index (χ1) is 10.8. The van der Waals surface area contributed by atoms with E-state index in [1.165, 1.54) is 16.7 Å². The highest BCUT2D eigenvalue weighted by Crippen LogP contribution is 2.24. The van der Waals surface area contributed by atoms with Crippen LogP contribution in [0.1, 0.15) is 31.7 Å². The zero-order chi connectivity index (χ0) is 17.2. The van der Waals surface area contributed by atoms with Crippen molar-refractivity contribution in [3.63, 3.8) is 0 Å². The first-order valence-corrected chi connectivity index (χ1v) is 7.44. The van der Waals surface area contributed by atoms with E-state index in [0.717, 1.165) is 10.2 Å². The fourth-order valence-corrected chi connectivity index (χ4v) is 2.36. The predicted octanol–water partition coefficient (Wildman–Crippen LogP) is 1.47. The molecule has 1 amide bonds. The third-order valence-electron chi connectivity index (χ3n) is 4.16. The SMILES string of the molecule is CCC(C)(NC(=O)Cn1nc(C)n(C)c1=O)c1ccc(F)cc1. The Hall–Kier alpha value is -2.44. The number of halogens is 1. The van der Waals surface area contributed by atoms with Crippen LogP contribution in [0.5, 0.6) is 0 Å². The van der Waals surface area contributed by atoms with Crippen molar-refractivity contribution < 1.29 is 9.18 Å². The van der Waals surface area contributed by atoms with Crippen LogP contribution in [0, 0.1) is 12.7 Å². The summed E-state index contributed by atoms with van der Waals surface area (Å²) < 4.78 is 15.6. The zero-order valence-electron chi connectivity index (χ0n) is 13.8. The summed E-state index contributed by atoms with van der Waals surface area (Å²) in [5.74, 6) is -0.104. The molecule has 1 aromatic heterocycles. The van der Waals surface area contributed by atoms with Crippen molar-refractivity contribution in [3.05, 3.63) is 52.0 Å². The summed E-state index contributed by atoms with van der Waals surface area (Å²) in [6.45, 7) is 5.34. The molecule has 23 heavy (non-hydrogen) atoms. The molecular weight excluding hydrogens is 299 g/mol. The average Bonchev–Trinajstić information content (AvgIpc) is 2.74. The minimum absolute atomic E-state index is 0.155. The lowest BCUT2D eigenvalue weighted by molar-refractivity contribution is -0.123. The fraction of sp³-hybridized carbons (Fsp3) is 0.438. The van der Waals surface area contributed by atoms with Gasteiger partial charge in [-0.3, -0.25) is 9.36 Å². The quantitative estimate of drug-likeness (QED) is 0.907. The van der Waals surface area contributed by atoms with E-state index in [-0.39, 0.29) is 24.0 Å². The Kier molecular flexibility index (Phi) is 4.68. The maximum atomic E-state index is 13.1. The van der Waals surface area contributed by atoms with Crippen LogP contribution < -0.4 is 11.0 Å². The van der Waals surface area contributed by atoms with Crippen molar-refractivity contribution in [3.8, 4) is 0 Å². The second-order valence-corrected chi connectivity index (χ2v) is 5.79. The number of carbonyl (C=O) groups is 1.